The summed E-state index contributed by atoms with van der Waals surface area (Å²) in [6.07, 6.45) is 1.78. The predicted molar refractivity (Wildman–Crippen MR) is 136 cm³/mol. The van der Waals surface area contributed by atoms with Crippen LogP contribution in [0.2, 0.25) is 10.0 Å². The van der Waals surface area contributed by atoms with E-state index in [1.165, 1.54) is 12.1 Å². The van der Waals surface area contributed by atoms with Gasteiger partial charge in [-0.3, -0.25) is 9.52 Å². The Labute approximate surface area is 213 Å². The highest BCUT2D eigenvalue weighted by Gasteiger charge is 2.25. The monoisotopic (exact) mass is 532 g/mol. The smallest absolute Gasteiger partial charge is 0.262 e. The van der Waals surface area contributed by atoms with Crippen LogP contribution in [0, 0.1) is 0 Å². The van der Waals surface area contributed by atoms with Gasteiger partial charge in [0.2, 0.25) is 5.91 Å². The average Bonchev–Trinajstić information content (AvgIpc) is 2.85. The van der Waals surface area contributed by atoms with Gasteiger partial charge in [0.25, 0.3) is 10.0 Å². The van der Waals surface area contributed by atoms with Crippen molar-refractivity contribution in [3.8, 4) is 11.5 Å². The number of ether oxygens (including phenoxy) is 2. The summed E-state index contributed by atoms with van der Waals surface area (Å²) in [5, 5.41) is 0.827. The highest BCUT2D eigenvalue weighted by Crippen LogP contribution is 2.34. The first kappa shape index (κ1) is 23.8. The molecule has 35 heavy (non-hydrogen) atoms. The van der Waals surface area contributed by atoms with Gasteiger partial charge in [-0.15, -0.1) is 0 Å². The second-order valence-corrected chi connectivity index (χ2v) is 10.8. The molecule has 5 rings (SSSR count). The Bertz CT molecular complexity index is 1410. The lowest BCUT2D eigenvalue weighted by Gasteiger charge is -2.30. The first-order valence-corrected chi connectivity index (χ1v) is 13.3. The van der Waals surface area contributed by atoms with Crippen molar-refractivity contribution >= 4 is 50.5 Å². The van der Waals surface area contributed by atoms with Crippen molar-refractivity contribution in [1.29, 1.82) is 0 Å². The van der Waals surface area contributed by atoms with E-state index in [1.807, 2.05) is 6.07 Å². The molecular weight excluding hydrogens is 511 g/mol. The number of aryl methyl sites for hydroxylation is 1. The minimum atomic E-state index is -3.88. The SMILES string of the molecule is O=C(Cc1ccc(Cl)c(Cl)c1)N1CCCc2ccc(NS(=O)(=O)c3ccc4c(c3)OCCO4)cc21. The second-order valence-electron chi connectivity index (χ2n) is 8.33. The standard InChI is InChI=1S/C25H22Cl2N2O5S/c26-20-7-3-16(12-21(20)27)13-25(30)29-9-1-2-17-4-5-18(14-22(17)29)28-35(31,32)19-6-8-23-24(15-19)34-11-10-33-23/h3-8,12,14-15,28H,1-2,9-11,13H2. The number of sulfonamides is 1. The number of fused-ring (bicyclic) bond motifs is 2. The predicted octanol–water partition coefficient (Wildman–Crippen LogP) is 5.09. The maximum Gasteiger partial charge on any atom is 0.262 e. The van der Waals surface area contributed by atoms with Gasteiger partial charge in [-0.2, -0.15) is 0 Å². The van der Waals surface area contributed by atoms with Gasteiger partial charge in [0, 0.05) is 18.3 Å². The van der Waals surface area contributed by atoms with Crippen LogP contribution in [0.4, 0.5) is 11.4 Å². The lowest BCUT2D eigenvalue weighted by molar-refractivity contribution is -0.118. The molecular formula is C25H22Cl2N2O5S. The Morgan fingerprint density at radius 1 is 0.943 bits per heavy atom. The molecule has 7 nitrogen and oxygen atoms in total. The lowest BCUT2D eigenvalue weighted by atomic mass is 10.00. The van der Waals surface area contributed by atoms with E-state index in [1.54, 1.807) is 41.3 Å². The Balaban J connectivity index is 1.38. The van der Waals surface area contributed by atoms with E-state index in [0.717, 1.165) is 24.0 Å². The summed E-state index contributed by atoms with van der Waals surface area (Å²) in [5.74, 6) is 0.805. The number of amides is 1. The Hall–Kier alpha value is -2.94. The van der Waals surface area contributed by atoms with E-state index in [4.69, 9.17) is 32.7 Å². The molecule has 0 aliphatic carbocycles. The molecule has 0 saturated carbocycles. The number of hydrogen-bond acceptors (Lipinski definition) is 5. The van der Waals surface area contributed by atoms with E-state index < -0.39 is 10.0 Å². The van der Waals surface area contributed by atoms with Gasteiger partial charge in [-0.1, -0.05) is 35.3 Å². The molecule has 0 aromatic heterocycles. The molecule has 2 aliphatic rings. The van der Waals surface area contributed by atoms with E-state index in [2.05, 4.69) is 4.72 Å². The lowest BCUT2D eigenvalue weighted by Crippen LogP contribution is -2.36. The zero-order valence-electron chi connectivity index (χ0n) is 18.6. The summed E-state index contributed by atoms with van der Waals surface area (Å²) in [5.41, 5.74) is 2.81. The van der Waals surface area contributed by atoms with E-state index in [-0.39, 0.29) is 17.2 Å². The summed E-state index contributed by atoms with van der Waals surface area (Å²) in [7, 11) is -3.88. The van der Waals surface area contributed by atoms with Crippen LogP contribution in [-0.4, -0.2) is 34.1 Å². The topological polar surface area (TPSA) is 84.9 Å². The molecule has 0 fully saturated rings. The highest BCUT2D eigenvalue weighted by molar-refractivity contribution is 7.92. The van der Waals surface area contributed by atoms with Crippen LogP contribution in [0.5, 0.6) is 11.5 Å². The number of anilines is 2. The number of carbonyl (C=O) groups is 1. The summed E-state index contributed by atoms with van der Waals surface area (Å²) in [6.45, 7) is 1.33. The van der Waals surface area contributed by atoms with Crippen molar-refractivity contribution in [2.24, 2.45) is 0 Å². The Morgan fingerprint density at radius 2 is 1.74 bits per heavy atom. The molecule has 2 aliphatic heterocycles. The van der Waals surface area contributed by atoms with Gasteiger partial charge in [0.15, 0.2) is 11.5 Å². The molecule has 10 heteroatoms. The molecule has 0 bridgehead atoms. The first-order valence-electron chi connectivity index (χ1n) is 11.1. The van der Waals surface area contributed by atoms with E-state index in [0.29, 0.717) is 52.7 Å². The summed E-state index contributed by atoms with van der Waals surface area (Å²) in [4.78, 5) is 14.9. The maximum atomic E-state index is 13.2. The second kappa shape index (κ2) is 9.60. The van der Waals surface area contributed by atoms with Crippen molar-refractivity contribution in [3.05, 3.63) is 75.8 Å². The van der Waals surface area contributed by atoms with Crippen molar-refractivity contribution in [2.75, 3.05) is 29.4 Å². The molecule has 0 spiro atoms. The Kier molecular flexibility index (Phi) is 6.53. The third kappa shape index (κ3) is 5.05. The average molecular weight is 533 g/mol. The van der Waals surface area contributed by atoms with Gasteiger partial charge < -0.3 is 14.4 Å². The molecule has 1 amide bonds. The van der Waals surface area contributed by atoms with Gasteiger partial charge in [-0.25, -0.2) is 8.42 Å². The van der Waals surface area contributed by atoms with E-state index in [9.17, 15) is 13.2 Å². The van der Waals surface area contributed by atoms with Crippen LogP contribution in [0.25, 0.3) is 0 Å². The van der Waals surface area contributed by atoms with Crippen molar-refractivity contribution in [1.82, 2.24) is 0 Å². The first-order chi connectivity index (χ1) is 16.8. The number of carbonyl (C=O) groups excluding carboxylic acids is 1. The summed E-state index contributed by atoms with van der Waals surface area (Å²) in [6, 6.07) is 14.9. The number of hydrogen-bond donors (Lipinski definition) is 1. The molecule has 0 radical (unpaired) electrons. The molecule has 0 atom stereocenters. The van der Waals surface area contributed by atoms with Gasteiger partial charge in [0.1, 0.15) is 13.2 Å². The molecule has 0 unspecified atom stereocenters. The maximum absolute atomic E-state index is 13.2. The number of benzene rings is 3. The Morgan fingerprint density at radius 3 is 2.54 bits per heavy atom. The van der Waals surface area contributed by atoms with Gasteiger partial charge in [-0.05, 0) is 60.4 Å². The molecule has 0 saturated heterocycles. The number of rotatable bonds is 5. The summed E-state index contributed by atoms with van der Waals surface area (Å²) < 4.78 is 39.7. The van der Waals surface area contributed by atoms with Crippen molar-refractivity contribution in [2.45, 2.75) is 24.2 Å². The van der Waals surface area contributed by atoms with Crippen LogP contribution in [0.3, 0.4) is 0 Å². The van der Waals surface area contributed by atoms with Crippen LogP contribution in [0.15, 0.2) is 59.5 Å². The minimum absolute atomic E-state index is 0.0621. The normalized spacial score (nSPS) is 14.9. The van der Waals surface area contributed by atoms with Gasteiger partial charge in [0.05, 0.1) is 27.0 Å². The molecule has 3 aromatic rings. The molecule has 2 heterocycles. The zero-order chi connectivity index (χ0) is 24.6. The number of nitrogens with zero attached hydrogens (tertiary/aromatic N) is 1. The molecule has 1 N–H and O–H groups in total. The van der Waals surface area contributed by atoms with Gasteiger partial charge >= 0.3 is 0 Å². The van der Waals surface area contributed by atoms with Crippen LogP contribution >= 0.6 is 23.2 Å². The van der Waals surface area contributed by atoms with Crippen molar-refractivity contribution < 1.29 is 22.7 Å². The number of halogens is 2. The minimum Gasteiger partial charge on any atom is -0.486 e. The quantitative estimate of drug-likeness (QED) is 0.494. The van der Waals surface area contributed by atoms with Crippen LogP contribution in [-0.2, 0) is 27.7 Å². The fraction of sp³-hybridized carbons (Fsp3) is 0.240. The third-order valence-electron chi connectivity index (χ3n) is 5.92. The van der Waals surface area contributed by atoms with Crippen LogP contribution < -0.4 is 19.1 Å². The molecule has 3 aromatic carbocycles. The third-order valence-corrected chi connectivity index (χ3v) is 8.04. The van der Waals surface area contributed by atoms with Crippen molar-refractivity contribution in [3.63, 3.8) is 0 Å². The fourth-order valence-corrected chi connectivity index (χ4v) is 5.61. The molecule has 182 valence electrons. The number of nitrogens with one attached hydrogen (secondary N) is 1. The largest absolute Gasteiger partial charge is 0.486 e. The fourth-order valence-electron chi connectivity index (χ4n) is 4.22. The highest BCUT2D eigenvalue weighted by atomic mass is 35.5. The summed E-state index contributed by atoms with van der Waals surface area (Å²) >= 11 is 12.1. The van der Waals surface area contributed by atoms with Crippen LogP contribution in [0.1, 0.15) is 17.5 Å². The van der Waals surface area contributed by atoms with E-state index >= 15 is 0 Å². The zero-order valence-corrected chi connectivity index (χ0v) is 20.9.